The molecule has 1 aliphatic rings. The third-order valence-corrected chi connectivity index (χ3v) is 4.43. The molecular formula is C22H22N4O2. The number of fused-ring (bicyclic) bond motifs is 1. The fourth-order valence-electron chi connectivity index (χ4n) is 3.06. The first kappa shape index (κ1) is 18.1. The van der Waals surface area contributed by atoms with Crippen LogP contribution in [0.15, 0.2) is 48.7 Å². The van der Waals surface area contributed by atoms with Gasteiger partial charge in [-0.2, -0.15) is 5.10 Å². The maximum Gasteiger partial charge on any atom is 0.410 e. The Morgan fingerprint density at radius 1 is 1.11 bits per heavy atom. The SMILES string of the molecule is CC(C)(C)OC(=O)N1CC(n2nc(C#Cc3ccccc3)c3cccnc32)C1. The highest BCUT2D eigenvalue weighted by atomic mass is 16.6. The molecule has 0 radical (unpaired) electrons. The van der Waals surface area contributed by atoms with Crippen LogP contribution in [-0.4, -0.2) is 44.4 Å². The molecular weight excluding hydrogens is 352 g/mol. The Morgan fingerprint density at radius 2 is 1.86 bits per heavy atom. The number of nitrogens with zero attached hydrogens (tertiary/aromatic N) is 4. The van der Waals surface area contributed by atoms with E-state index in [0.717, 1.165) is 16.6 Å². The number of likely N-dealkylation sites (tertiary alicyclic amines) is 1. The smallest absolute Gasteiger partial charge is 0.410 e. The van der Waals surface area contributed by atoms with Gasteiger partial charge in [-0.25, -0.2) is 14.5 Å². The van der Waals surface area contributed by atoms with Crippen molar-refractivity contribution >= 4 is 17.1 Å². The van der Waals surface area contributed by atoms with Crippen molar-refractivity contribution < 1.29 is 9.53 Å². The second-order valence-corrected chi connectivity index (χ2v) is 7.82. The van der Waals surface area contributed by atoms with Gasteiger partial charge in [0.25, 0.3) is 0 Å². The number of hydrogen-bond donors (Lipinski definition) is 0. The fourth-order valence-corrected chi connectivity index (χ4v) is 3.06. The number of carbonyl (C=O) groups is 1. The normalized spacial score (nSPS) is 14.3. The second-order valence-electron chi connectivity index (χ2n) is 7.82. The van der Waals surface area contributed by atoms with E-state index in [1.807, 2.05) is 67.9 Å². The maximum absolute atomic E-state index is 12.2. The maximum atomic E-state index is 12.2. The molecule has 0 bridgehead atoms. The van der Waals surface area contributed by atoms with Crippen molar-refractivity contribution in [2.75, 3.05) is 13.1 Å². The summed E-state index contributed by atoms with van der Waals surface area (Å²) in [5.74, 6) is 6.32. The molecule has 3 aromatic rings. The molecule has 0 spiro atoms. The number of amides is 1. The van der Waals surface area contributed by atoms with Crippen molar-refractivity contribution in [1.29, 1.82) is 0 Å². The Hall–Kier alpha value is -3.33. The summed E-state index contributed by atoms with van der Waals surface area (Å²) in [5.41, 5.74) is 1.92. The van der Waals surface area contributed by atoms with E-state index < -0.39 is 5.60 Å². The lowest BCUT2D eigenvalue weighted by molar-refractivity contribution is 0.0000779. The van der Waals surface area contributed by atoms with Gasteiger partial charge in [0.1, 0.15) is 11.3 Å². The third kappa shape index (κ3) is 3.70. The molecule has 3 heterocycles. The summed E-state index contributed by atoms with van der Waals surface area (Å²) in [4.78, 5) is 18.4. The van der Waals surface area contributed by atoms with Crippen LogP contribution >= 0.6 is 0 Å². The minimum absolute atomic E-state index is 0.0668. The van der Waals surface area contributed by atoms with E-state index in [2.05, 4.69) is 16.8 Å². The number of rotatable bonds is 1. The Labute approximate surface area is 164 Å². The van der Waals surface area contributed by atoms with Crippen molar-refractivity contribution in [2.45, 2.75) is 32.4 Å². The average molecular weight is 374 g/mol. The van der Waals surface area contributed by atoms with Gasteiger partial charge < -0.3 is 9.64 Å². The molecule has 0 N–H and O–H groups in total. The Bertz CT molecular complexity index is 1060. The van der Waals surface area contributed by atoms with Crippen LogP contribution in [-0.2, 0) is 4.74 Å². The van der Waals surface area contributed by atoms with Gasteiger partial charge in [-0.3, -0.25) is 0 Å². The monoisotopic (exact) mass is 374 g/mol. The molecule has 1 amide bonds. The molecule has 28 heavy (non-hydrogen) atoms. The van der Waals surface area contributed by atoms with Crippen molar-refractivity contribution in [3.8, 4) is 11.8 Å². The van der Waals surface area contributed by atoms with Crippen molar-refractivity contribution in [3.63, 3.8) is 0 Å². The zero-order valence-electron chi connectivity index (χ0n) is 16.2. The van der Waals surface area contributed by atoms with E-state index in [1.54, 1.807) is 11.1 Å². The molecule has 0 atom stereocenters. The summed E-state index contributed by atoms with van der Waals surface area (Å²) in [6.07, 6.45) is 1.46. The molecule has 4 rings (SSSR count). The van der Waals surface area contributed by atoms with E-state index in [9.17, 15) is 4.79 Å². The lowest BCUT2D eigenvalue weighted by Gasteiger charge is -2.39. The highest BCUT2D eigenvalue weighted by Crippen LogP contribution is 2.27. The van der Waals surface area contributed by atoms with Crippen molar-refractivity contribution in [3.05, 3.63) is 59.9 Å². The highest BCUT2D eigenvalue weighted by molar-refractivity contribution is 5.81. The van der Waals surface area contributed by atoms with Crippen LogP contribution in [0, 0.1) is 11.8 Å². The Morgan fingerprint density at radius 3 is 2.57 bits per heavy atom. The quantitative estimate of drug-likeness (QED) is 0.611. The van der Waals surface area contributed by atoms with Gasteiger partial charge in [0, 0.05) is 24.8 Å². The van der Waals surface area contributed by atoms with Crippen LogP contribution in [0.1, 0.15) is 38.1 Å². The lowest BCUT2D eigenvalue weighted by atomic mass is 10.1. The zero-order valence-corrected chi connectivity index (χ0v) is 16.2. The molecule has 1 saturated heterocycles. The van der Waals surface area contributed by atoms with Crippen molar-refractivity contribution in [1.82, 2.24) is 19.7 Å². The van der Waals surface area contributed by atoms with Gasteiger partial charge in [0.2, 0.25) is 0 Å². The van der Waals surface area contributed by atoms with E-state index in [0.29, 0.717) is 18.8 Å². The predicted octanol–water partition coefficient (Wildman–Crippen LogP) is 3.62. The molecule has 6 heteroatoms. The predicted molar refractivity (Wildman–Crippen MR) is 107 cm³/mol. The van der Waals surface area contributed by atoms with Gasteiger partial charge >= 0.3 is 6.09 Å². The number of pyridine rings is 1. The van der Waals surface area contributed by atoms with Crippen LogP contribution in [0.5, 0.6) is 0 Å². The summed E-state index contributed by atoms with van der Waals surface area (Å²) in [5, 5.41) is 5.61. The number of ether oxygens (including phenoxy) is 1. The molecule has 0 unspecified atom stereocenters. The fraction of sp³-hybridized carbons (Fsp3) is 0.318. The first-order valence-electron chi connectivity index (χ1n) is 9.29. The van der Waals surface area contributed by atoms with Crippen LogP contribution in [0.4, 0.5) is 4.79 Å². The van der Waals surface area contributed by atoms with Crippen LogP contribution in [0.25, 0.3) is 11.0 Å². The Kier molecular flexibility index (Phi) is 4.52. The van der Waals surface area contributed by atoms with Crippen LogP contribution < -0.4 is 0 Å². The largest absolute Gasteiger partial charge is 0.444 e. The van der Waals surface area contributed by atoms with Gasteiger partial charge in [0.15, 0.2) is 5.65 Å². The molecule has 0 aliphatic carbocycles. The molecule has 1 aromatic carbocycles. The molecule has 1 aliphatic heterocycles. The van der Waals surface area contributed by atoms with E-state index in [1.165, 1.54) is 0 Å². The average Bonchev–Trinajstić information content (AvgIpc) is 2.97. The standard InChI is InChI=1S/C22H22N4O2/c1-22(2,3)28-21(27)25-14-17(15-25)26-20-18(10-7-13-23-20)19(24-26)12-11-16-8-5-4-6-9-16/h4-10,13,17H,14-15H2,1-3H3. The molecule has 6 nitrogen and oxygen atoms in total. The van der Waals surface area contributed by atoms with Crippen LogP contribution in [0.2, 0.25) is 0 Å². The van der Waals surface area contributed by atoms with Crippen molar-refractivity contribution in [2.24, 2.45) is 0 Å². The minimum Gasteiger partial charge on any atom is -0.444 e. The summed E-state index contributed by atoms with van der Waals surface area (Å²) < 4.78 is 7.31. The lowest BCUT2D eigenvalue weighted by Crippen LogP contribution is -2.52. The third-order valence-electron chi connectivity index (χ3n) is 4.43. The summed E-state index contributed by atoms with van der Waals surface area (Å²) in [7, 11) is 0. The first-order chi connectivity index (χ1) is 13.4. The number of benzene rings is 1. The number of hydrogen-bond acceptors (Lipinski definition) is 4. The Balaban J connectivity index is 1.57. The van der Waals surface area contributed by atoms with Gasteiger partial charge in [-0.1, -0.05) is 24.1 Å². The number of aromatic nitrogens is 3. The molecule has 2 aromatic heterocycles. The first-order valence-corrected chi connectivity index (χ1v) is 9.29. The van der Waals surface area contributed by atoms with Crippen LogP contribution in [0.3, 0.4) is 0 Å². The van der Waals surface area contributed by atoms with E-state index >= 15 is 0 Å². The van der Waals surface area contributed by atoms with E-state index in [4.69, 9.17) is 9.84 Å². The van der Waals surface area contributed by atoms with E-state index in [-0.39, 0.29) is 12.1 Å². The second kappa shape index (κ2) is 7.01. The van der Waals surface area contributed by atoms with Gasteiger partial charge in [0.05, 0.1) is 11.4 Å². The molecule has 1 fully saturated rings. The zero-order chi connectivity index (χ0) is 19.7. The summed E-state index contributed by atoms with van der Waals surface area (Å²) in [6, 6.07) is 13.7. The topological polar surface area (TPSA) is 60.2 Å². The number of carbonyl (C=O) groups excluding carboxylic acids is 1. The minimum atomic E-state index is -0.498. The van der Waals surface area contributed by atoms with Gasteiger partial charge in [-0.05, 0) is 51.0 Å². The summed E-state index contributed by atoms with van der Waals surface area (Å²) in [6.45, 7) is 6.70. The highest BCUT2D eigenvalue weighted by Gasteiger charge is 2.36. The summed E-state index contributed by atoms with van der Waals surface area (Å²) >= 11 is 0. The molecule has 142 valence electrons. The van der Waals surface area contributed by atoms with Gasteiger partial charge in [-0.15, -0.1) is 0 Å². The molecule has 0 saturated carbocycles.